The maximum atomic E-state index is 13.0. The summed E-state index contributed by atoms with van der Waals surface area (Å²) < 4.78 is 2.17. The quantitative estimate of drug-likeness (QED) is 0.623. The van der Waals surface area contributed by atoms with Gasteiger partial charge in [-0.3, -0.25) is 19.2 Å². The number of hydrogen-bond acceptors (Lipinski definition) is 5. The van der Waals surface area contributed by atoms with E-state index >= 15 is 0 Å². The Morgan fingerprint density at radius 1 is 1.22 bits per heavy atom. The van der Waals surface area contributed by atoms with E-state index in [1.807, 2.05) is 26.8 Å². The minimum atomic E-state index is -0.822. The molecule has 1 aliphatic carbocycles. The number of aryl methyl sites for hydroxylation is 1. The number of carboxylic acid groups (broad SMARTS) is 1. The smallest absolute Gasteiger partial charge is 0.323 e. The number of nitrogens with one attached hydrogen (secondary N) is 1. The van der Waals surface area contributed by atoms with Gasteiger partial charge in [0.05, 0.1) is 16.6 Å². The predicted molar refractivity (Wildman–Crippen MR) is 127 cm³/mol. The van der Waals surface area contributed by atoms with E-state index in [0.29, 0.717) is 25.6 Å². The molecule has 1 saturated carbocycles. The topological polar surface area (TPSA) is 87.5 Å². The van der Waals surface area contributed by atoms with E-state index < -0.39 is 11.5 Å². The average molecular weight is 461 g/mol. The number of aromatic nitrogens is 2. The van der Waals surface area contributed by atoms with Crippen molar-refractivity contribution in [2.45, 2.75) is 96.2 Å². The Bertz CT molecular complexity index is 969. The predicted octanol–water partition coefficient (Wildman–Crippen LogP) is 4.75. The summed E-state index contributed by atoms with van der Waals surface area (Å²) in [5.41, 5.74) is 0.177. The lowest BCUT2D eigenvalue weighted by Crippen LogP contribution is -2.57. The first-order valence-electron chi connectivity index (χ1n) is 12.1. The number of nitrogens with zero attached hydrogens (tertiary/aromatic N) is 3. The number of fused-ring (bicyclic) bond motifs is 1. The molecule has 32 heavy (non-hydrogen) atoms. The molecule has 1 unspecified atom stereocenters. The number of carbonyl (C=O) groups is 2. The number of rotatable bonds is 7. The van der Waals surface area contributed by atoms with Crippen LogP contribution < -0.4 is 5.32 Å². The number of carbonyl (C=O) groups excluding carboxylic acids is 1. The van der Waals surface area contributed by atoms with Gasteiger partial charge in [-0.25, -0.2) is 0 Å². The standard InChI is InChI=1S/C24H36N4O3S/c1-4-12-24(3,23(30)31)27-13-10-17(11-14-27)25-21(29)20-15-19-16(2)26-28(22(19)32-20)18-8-6-5-7-9-18/h15,17-18H,4-14H2,1-3H3,(H,25,29)(H,30,31). The first kappa shape index (κ1) is 23.2. The fourth-order valence-electron chi connectivity index (χ4n) is 5.42. The normalized spacial score (nSPS) is 21.0. The van der Waals surface area contributed by atoms with Crippen molar-refractivity contribution in [3.05, 3.63) is 16.6 Å². The number of likely N-dealkylation sites (tertiary alicyclic amines) is 1. The van der Waals surface area contributed by atoms with Crippen LogP contribution in [0.3, 0.4) is 0 Å². The summed E-state index contributed by atoms with van der Waals surface area (Å²) >= 11 is 1.55. The number of aliphatic carboxylic acids is 1. The lowest BCUT2D eigenvalue weighted by molar-refractivity contribution is -0.152. The van der Waals surface area contributed by atoms with Crippen LogP contribution in [0.4, 0.5) is 0 Å². The monoisotopic (exact) mass is 460 g/mol. The Morgan fingerprint density at radius 2 is 1.91 bits per heavy atom. The SMILES string of the molecule is CCCC(C)(C(=O)O)N1CCC(NC(=O)c2cc3c(C)nn(C4CCCCC4)c3s2)CC1. The number of piperidine rings is 1. The average Bonchev–Trinajstić information content (AvgIpc) is 3.35. The summed E-state index contributed by atoms with van der Waals surface area (Å²) in [7, 11) is 0. The first-order chi connectivity index (χ1) is 15.3. The second-order valence-electron chi connectivity index (χ2n) is 9.72. The highest BCUT2D eigenvalue weighted by molar-refractivity contribution is 7.20. The van der Waals surface area contributed by atoms with Gasteiger partial charge >= 0.3 is 5.97 Å². The van der Waals surface area contributed by atoms with Crippen LogP contribution in [0.25, 0.3) is 10.2 Å². The lowest BCUT2D eigenvalue weighted by Gasteiger charge is -2.42. The summed E-state index contributed by atoms with van der Waals surface area (Å²) in [5.74, 6) is -0.775. The molecule has 7 nitrogen and oxygen atoms in total. The molecule has 4 rings (SSSR count). The van der Waals surface area contributed by atoms with Crippen molar-refractivity contribution in [3.8, 4) is 0 Å². The highest BCUT2D eigenvalue weighted by Gasteiger charge is 2.40. The van der Waals surface area contributed by atoms with E-state index in [-0.39, 0.29) is 11.9 Å². The number of thiophene rings is 1. The highest BCUT2D eigenvalue weighted by Crippen LogP contribution is 2.35. The minimum absolute atomic E-state index is 0.0196. The molecule has 176 valence electrons. The zero-order chi connectivity index (χ0) is 22.9. The van der Waals surface area contributed by atoms with E-state index in [2.05, 4.69) is 14.9 Å². The van der Waals surface area contributed by atoms with Crippen molar-refractivity contribution < 1.29 is 14.7 Å². The van der Waals surface area contributed by atoms with Gasteiger partial charge in [-0.2, -0.15) is 5.10 Å². The highest BCUT2D eigenvalue weighted by atomic mass is 32.1. The third kappa shape index (κ3) is 4.44. The minimum Gasteiger partial charge on any atom is -0.480 e. The van der Waals surface area contributed by atoms with Gasteiger partial charge in [-0.15, -0.1) is 11.3 Å². The van der Waals surface area contributed by atoms with E-state index in [1.54, 1.807) is 11.3 Å². The van der Waals surface area contributed by atoms with Crippen LogP contribution in [0.1, 0.15) is 93.0 Å². The lowest BCUT2D eigenvalue weighted by atomic mass is 9.90. The Kier molecular flexibility index (Phi) is 6.91. The Morgan fingerprint density at radius 3 is 2.53 bits per heavy atom. The molecule has 1 saturated heterocycles. The van der Waals surface area contributed by atoms with Crippen molar-refractivity contribution in [1.82, 2.24) is 20.0 Å². The van der Waals surface area contributed by atoms with Crippen molar-refractivity contribution in [2.24, 2.45) is 0 Å². The molecule has 1 aliphatic heterocycles. The van der Waals surface area contributed by atoms with Gasteiger partial charge < -0.3 is 10.4 Å². The fourth-order valence-corrected chi connectivity index (χ4v) is 6.55. The van der Waals surface area contributed by atoms with Crippen LogP contribution in [0.5, 0.6) is 0 Å². The van der Waals surface area contributed by atoms with Crippen molar-refractivity contribution in [1.29, 1.82) is 0 Å². The van der Waals surface area contributed by atoms with Gasteiger partial charge in [-0.05, 0) is 52.0 Å². The van der Waals surface area contributed by atoms with Gasteiger partial charge in [0.2, 0.25) is 0 Å². The molecule has 2 aromatic heterocycles. The van der Waals surface area contributed by atoms with Crippen LogP contribution in [-0.4, -0.2) is 56.3 Å². The molecular weight excluding hydrogens is 424 g/mol. The third-order valence-electron chi connectivity index (χ3n) is 7.44. The van der Waals surface area contributed by atoms with Crippen LogP contribution in [0.15, 0.2) is 6.07 Å². The summed E-state index contributed by atoms with van der Waals surface area (Å²) in [6.07, 6.45) is 9.17. The summed E-state index contributed by atoms with van der Waals surface area (Å²) in [5, 5.41) is 18.8. The van der Waals surface area contributed by atoms with Gasteiger partial charge in [0, 0.05) is 24.5 Å². The molecule has 2 aromatic rings. The zero-order valence-corrected chi connectivity index (χ0v) is 20.3. The summed E-state index contributed by atoms with van der Waals surface area (Å²) in [6.45, 7) is 7.26. The van der Waals surface area contributed by atoms with Crippen molar-refractivity contribution in [3.63, 3.8) is 0 Å². The molecule has 1 atom stereocenters. The van der Waals surface area contributed by atoms with E-state index in [0.717, 1.165) is 40.1 Å². The van der Waals surface area contributed by atoms with E-state index in [1.165, 1.54) is 32.1 Å². The molecule has 0 radical (unpaired) electrons. The molecule has 2 N–H and O–H groups in total. The molecule has 0 spiro atoms. The maximum absolute atomic E-state index is 13.0. The Labute approximate surface area is 194 Å². The Hall–Kier alpha value is -1.93. The van der Waals surface area contributed by atoms with E-state index in [9.17, 15) is 14.7 Å². The number of hydrogen-bond donors (Lipinski definition) is 2. The first-order valence-corrected chi connectivity index (χ1v) is 12.9. The molecule has 2 fully saturated rings. The largest absolute Gasteiger partial charge is 0.480 e. The number of carboxylic acids is 1. The molecule has 0 aromatic carbocycles. The van der Waals surface area contributed by atoms with Gasteiger partial charge in [0.15, 0.2) is 0 Å². The third-order valence-corrected chi connectivity index (χ3v) is 8.56. The Balaban J connectivity index is 1.41. The second kappa shape index (κ2) is 9.51. The maximum Gasteiger partial charge on any atom is 0.323 e. The van der Waals surface area contributed by atoms with E-state index in [4.69, 9.17) is 5.10 Å². The number of amides is 1. The van der Waals surface area contributed by atoms with Crippen molar-refractivity contribution in [2.75, 3.05) is 13.1 Å². The van der Waals surface area contributed by atoms with Gasteiger partial charge in [0.25, 0.3) is 5.91 Å². The summed E-state index contributed by atoms with van der Waals surface area (Å²) in [6, 6.07) is 2.53. The summed E-state index contributed by atoms with van der Waals surface area (Å²) in [4.78, 5) is 28.8. The molecule has 8 heteroatoms. The molecule has 1 amide bonds. The van der Waals surface area contributed by atoms with Crippen molar-refractivity contribution >= 4 is 33.4 Å². The molecule has 0 bridgehead atoms. The van der Waals surface area contributed by atoms with Crippen LogP contribution in [0, 0.1) is 6.92 Å². The van der Waals surface area contributed by atoms with Crippen LogP contribution in [-0.2, 0) is 4.79 Å². The van der Waals surface area contributed by atoms with Crippen LogP contribution in [0.2, 0.25) is 0 Å². The molecule has 2 aliphatic rings. The molecule has 3 heterocycles. The molecular formula is C24H36N4O3S. The van der Waals surface area contributed by atoms with Crippen LogP contribution >= 0.6 is 11.3 Å². The zero-order valence-electron chi connectivity index (χ0n) is 19.5. The van der Waals surface area contributed by atoms with Gasteiger partial charge in [-0.1, -0.05) is 32.6 Å². The van der Waals surface area contributed by atoms with Gasteiger partial charge in [0.1, 0.15) is 10.4 Å². The second-order valence-corrected chi connectivity index (χ2v) is 10.7. The fraction of sp³-hybridized carbons (Fsp3) is 0.708.